The lowest BCUT2D eigenvalue weighted by atomic mass is 10.1. The molecule has 2 aromatic rings. The fourth-order valence-electron chi connectivity index (χ4n) is 2.67. The number of carbonyl (C=O) groups excluding carboxylic acids is 1. The van der Waals surface area contributed by atoms with E-state index in [0.717, 1.165) is 25.8 Å². The van der Waals surface area contributed by atoms with Gasteiger partial charge in [0.25, 0.3) is 0 Å². The molecule has 1 fully saturated rings. The molecule has 0 bridgehead atoms. The third kappa shape index (κ3) is 2.90. The van der Waals surface area contributed by atoms with E-state index in [-0.39, 0.29) is 0 Å². The van der Waals surface area contributed by atoms with Gasteiger partial charge in [-0.05, 0) is 53.1 Å². The van der Waals surface area contributed by atoms with Crippen LogP contribution in [0.4, 0.5) is 0 Å². The summed E-state index contributed by atoms with van der Waals surface area (Å²) in [4.78, 5) is 15.8. The fourth-order valence-corrected chi connectivity index (χ4v) is 4.25. The Morgan fingerprint density at radius 1 is 1.37 bits per heavy atom. The van der Waals surface area contributed by atoms with Crippen molar-refractivity contribution in [2.24, 2.45) is 0 Å². The molecule has 0 aliphatic carbocycles. The van der Waals surface area contributed by atoms with Crippen molar-refractivity contribution in [2.75, 3.05) is 6.54 Å². The third-order valence-corrected chi connectivity index (χ3v) is 5.36. The van der Waals surface area contributed by atoms with Crippen LogP contribution in [0, 0.1) is 0 Å². The Balaban J connectivity index is 1.62. The summed E-state index contributed by atoms with van der Waals surface area (Å²) in [5.41, 5.74) is 1.28. The van der Waals surface area contributed by atoms with Crippen molar-refractivity contribution >= 4 is 28.6 Å². The Bertz CT molecular complexity index is 518. The Hall–Kier alpha value is -1.13. The average molecular weight is 291 g/mol. The van der Waals surface area contributed by atoms with E-state index >= 15 is 0 Å². The first kappa shape index (κ1) is 12.9. The summed E-state index contributed by atoms with van der Waals surface area (Å²) in [6, 6.07) is 6.67. The lowest BCUT2D eigenvalue weighted by molar-refractivity contribution is -0.132. The first-order valence-electron chi connectivity index (χ1n) is 6.68. The second-order valence-corrected chi connectivity index (χ2v) is 6.65. The minimum atomic E-state index is 0.308. The summed E-state index contributed by atoms with van der Waals surface area (Å²) >= 11 is 3.46. The van der Waals surface area contributed by atoms with Gasteiger partial charge in [-0.1, -0.05) is 6.07 Å². The van der Waals surface area contributed by atoms with Gasteiger partial charge in [-0.3, -0.25) is 4.79 Å². The monoisotopic (exact) mass is 291 g/mol. The van der Waals surface area contributed by atoms with Crippen LogP contribution < -0.4 is 0 Å². The molecule has 0 saturated carbocycles. The molecule has 0 radical (unpaired) electrons. The van der Waals surface area contributed by atoms with Crippen molar-refractivity contribution in [2.45, 2.75) is 31.7 Å². The molecular weight excluding hydrogens is 274 g/mol. The molecule has 0 aromatic carbocycles. The Morgan fingerprint density at radius 2 is 2.32 bits per heavy atom. The maximum Gasteiger partial charge on any atom is 0.223 e. The van der Waals surface area contributed by atoms with Gasteiger partial charge in [-0.25, -0.2) is 0 Å². The largest absolute Gasteiger partial charge is 0.335 e. The number of nitrogens with zero attached hydrogens (tertiary/aromatic N) is 1. The minimum Gasteiger partial charge on any atom is -0.335 e. The van der Waals surface area contributed by atoms with Crippen LogP contribution in [0.25, 0.3) is 0 Å². The first-order chi connectivity index (χ1) is 9.34. The molecule has 0 spiro atoms. The molecule has 1 aliphatic rings. The van der Waals surface area contributed by atoms with Crippen molar-refractivity contribution in [1.82, 2.24) is 4.90 Å². The summed E-state index contributed by atoms with van der Waals surface area (Å²) < 4.78 is 0. The van der Waals surface area contributed by atoms with Crippen molar-refractivity contribution in [3.8, 4) is 0 Å². The number of aryl methyl sites for hydroxylation is 1. The smallest absolute Gasteiger partial charge is 0.223 e. The Morgan fingerprint density at radius 3 is 3.05 bits per heavy atom. The van der Waals surface area contributed by atoms with Gasteiger partial charge in [0.2, 0.25) is 5.91 Å². The highest BCUT2D eigenvalue weighted by Crippen LogP contribution is 2.34. The number of hydrogen-bond acceptors (Lipinski definition) is 3. The van der Waals surface area contributed by atoms with E-state index in [1.807, 2.05) is 0 Å². The maximum atomic E-state index is 12.4. The topological polar surface area (TPSA) is 20.3 Å². The molecule has 3 rings (SSSR count). The lowest BCUT2D eigenvalue weighted by Gasteiger charge is -2.23. The van der Waals surface area contributed by atoms with Crippen LogP contribution in [-0.4, -0.2) is 17.4 Å². The molecule has 1 saturated heterocycles. The molecule has 1 unspecified atom stereocenters. The number of hydrogen-bond donors (Lipinski definition) is 0. The van der Waals surface area contributed by atoms with Crippen LogP contribution >= 0.6 is 22.7 Å². The van der Waals surface area contributed by atoms with Gasteiger partial charge in [-0.15, -0.1) is 11.3 Å². The van der Waals surface area contributed by atoms with Crippen LogP contribution in [0.15, 0.2) is 34.3 Å². The molecule has 3 heterocycles. The van der Waals surface area contributed by atoms with E-state index in [2.05, 4.69) is 39.2 Å². The highest BCUT2D eigenvalue weighted by Gasteiger charge is 2.29. The average Bonchev–Trinajstić information content (AvgIpc) is 3.14. The number of thiophene rings is 2. The second kappa shape index (κ2) is 5.88. The van der Waals surface area contributed by atoms with Gasteiger partial charge in [0.1, 0.15) is 0 Å². The quantitative estimate of drug-likeness (QED) is 0.830. The normalized spacial score (nSPS) is 18.9. The van der Waals surface area contributed by atoms with E-state index in [9.17, 15) is 4.79 Å². The Labute approximate surface area is 121 Å². The van der Waals surface area contributed by atoms with E-state index in [4.69, 9.17) is 0 Å². The molecule has 0 N–H and O–H groups in total. The molecule has 19 heavy (non-hydrogen) atoms. The van der Waals surface area contributed by atoms with Crippen LogP contribution in [0.2, 0.25) is 0 Å². The maximum absolute atomic E-state index is 12.4. The first-order valence-corrected chi connectivity index (χ1v) is 8.51. The number of amides is 1. The highest BCUT2D eigenvalue weighted by atomic mass is 32.1. The summed E-state index contributed by atoms with van der Waals surface area (Å²) in [5.74, 6) is 0.308. The Kier molecular flexibility index (Phi) is 3.99. The summed E-state index contributed by atoms with van der Waals surface area (Å²) in [6.45, 7) is 0.922. The van der Waals surface area contributed by atoms with Crippen LogP contribution in [0.1, 0.15) is 35.7 Å². The molecule has 1 aliphatic heterocycles. The van der Waals surface area contributed by atoms with Crippen LogP contribution in [0.5, 0.6) is 0 Å². The van der Waals surface area contributed by atoms with Crippen LogP contribution in [-0.2, 0) is 11.2 Å². The van der Waals surface area contributed by atoms with E-state index < -0.39 is 0 Å². The van der Waals surface area contributed by atoms with Gasteiger partial charge in [0, 0.05) is 17.8 Å². The standard InChI is InChI=1S/C15H17NOS2/c17-15(6-5-12-7-10-18-11-12)16-8-1-3-13(16)14-4-2-9-19-14/h2,4,7,9-11,13H,1,3,5-6,8H2. The highest BCUT2D eigenvalue weighted by molar-refractivity contribution is 7.10. The van der Waals surface area contributed by atoms with Gasteiger partial charge >= 0.3 is 0 Å². The zero-order chi connectivity index (χ0) is 13.1. The third-order valence-electron chi connectivity index (χ3n) is 3.65. The van der Waals surface area contributed by atoms with E-state index in [0.29, 0.717) is 18.4 Å². The van der Waals surface area contributed by atoms with Crippen molar-refractivity contribution < 1.29 is 4.79 Å². The summed E-state index contributed by atoms with van der Waals surface area (Å²) in [5, 5.41) is 6.31. The SMILES string of the molecule is O=C(CCc1ccsc1)N1CCCC1c1cccs1. The number of rotatable bonds is 4. The second-order valence-electron chi connectivity index (χ2n) is 4.89. The van der Waals surface area contributed by atoms with Gasteiger partial charge in [0.05, 0.1) is 6.04 Å². The van der Waals surface area contributed by atoms with E-state index in [1.54, 1.807) is 22.7 Å². The van der Waals surface area contributed by atoms with Crippen molar-refractivity contribution in [3.63, 3.8) is 0 Å². The molecule has 100 valence electrons. The van der Waals surface area contributed by atoms with Crippen LogP contribution in [0.3, 0.4) is 0 Å². The molecular formula is C15H17NOS2. The fraction of sp³-hybridized carbons (Fsp3) is 0.400. The van der Waals surface area contributed by atoms with Crippen molar-refractivity contribution in [1.29, 1.82) is 0 Å². The number of likely N-dealkylation sites (tertiary alicyclic amines) is 1. The van der Waals surface area contributed by atoms with E-state index in [1.165, 1.54) is 10.4 Å². The predicted molar refractivity (Wildman–Crippen MR) is 80.6 cm³/mol. The predicted octanol–water partition coefficient (Wildman–Crippen LogP) is 4.11. The molecule has 2 nitrogen and oxygen atoms in total. The molecule has 1 amide bonds. The summed E-state index contributed by atoms with van der Waals surface area (Å²) in [6.07, 6.45) is 3.76. The summed E-state index contributed by atoms with van der Waals surface area (Å²) in [7, 11) is 0. The minimum absolute atomic E-state index is 0.308. The van der Waals surface area contributed by atoms with Crippen molar-refractivity contribution in [3.05, 3.63) is 44.8 Å². The van der Waals surface area contributed by atoms with Gasteiger partial charge < -0.3 is 4.90 Å². The zero-order valence-corrected chi connectivity index (χ0v) is 12.4. The molecule has 4 heteroatoms. The number of carbonyl (C=O) groups is 1. The zero-order valence-electron chi connectivity index (χ0n) is 10.7. The molecule has 2 aromatic heterocycles. The lowest BCUT2D eigenvalue weighted by Crippen LogP contribution is -2.30. The van der Waals surface area contributed by atoms with Gasteiger partial charge in [0.15, 0.2) is 0 Å². The van der Waals surface area contributed by atoms with Gasteiger partial charge in [-0.2, -0.15) is 11.3 Å². The molecule has 1 atom stereocenters.